The topological polar surface area (TPSA) is 81.2 Å². The summed E-state index contributed by atoms with van der Waals surface area (Å²) >= 11 is 0. The lowest BCUT2D eigenvalue weighted by atomic mass is 10.1. The van der Waals surface area contributed by atoms with Gasteiger partial charge < -0.3 is 4.74 Å². The van der Waals surface area contributed by atoms with Crippen molar-refractivity contribution in [2.45, 2.75) is 18.7 Å². The minimum atomic E-state index is -3.68. The van der Waals surface area contributed by atoms with E-state index in [1.165, 1.54) is 7.11 Å². The number of aromatic nitrogens is 2. The number of rotatable bonds is 5. The van der Waals surface area contributed by atoms with Crippen molar-refractivity contribution in [3.63, 3.8) is 0 Å². The fourth-order valence-corrected chi connectivity index (χ4v) is 3.91. The number of sulfonamides is 1. The zero-order valence-electron chi connectivity index (χ0n) is 14.7. The van der Waals surface area contributed by atoms with Crippen molar-refractivity contribution in [2.24, 2.45) is 0 Å². The van der Waals surface area contributed by atoms with Crippen LogP contribution in [0.2, 0.25) is 0 Å². The molecule has 0 radical (unpaired) electrons. The van der Waals surface area contributed by atoms with Crippen LogP contribution in [-0.4, -0.2) is 25.7 Å². The van der Waals surface area contributed by atoms with Crippen LogP contribution in [0.4, 0.5) is 5.69 Å². The van der Waals surface area contributed by atoms with Gasteiger partial charge in [-0.3, -0.25) is 4.72 Å². The third kappa shape index (κ3) is 3.83. The molecule has 6 nitrogen and oxygen atoms in total. The number of hydrogen-bond donors (Lipinski definition) is 1. The van der Waals surface area contributed by atoms with E-state index in [0.29, 0.717) is 22.8 Å². The van der Waals surface area contributed by atoms with E-state index in [-0.39, 0.29) is 4.90 Å². The Morgan fingerprint density at radius 3 is 2.42 bits per heavy atom. The molecule has 7 heteroatoms. The summed E-state index contributed by atoms with van der Waals surface area (Å²) in [6.07, 6.45) is 0. The molecule has 1 N–H and O–H groups in total. The average molecular weight is 369 g/mol. The molecule has 0 aliphatic rings. The molecule has 0 aliphatic carbocycles. The molecule has 0 spiro atoms. The SMILES string of the molecule is COc1ccc(-c2cccc(NS(=O)(=O)c3ccc(C)cc3C)c2)nn1. The van der Waals surface area contributed by atoms with E-state index in [4.69, 9.17) is 4.74 Å². The van der Waals surface area contributed by atoms with Gasteiger partial charge in [0.1, 0.15) is 0 Å². The molecule has 0 atom stereocenters. The molecule has 134 valence electrons. The van der Waals surface area contributed by atoms with E-state index in [2.05, 4.69) is 14.9 Å². The van der Waals surface area contributed by atoms with Crippen LogP contribution in [-0.2, 0) is 10.0 Å². The van der Waals surface area contributed by atoms with Gasteiger partial charge in [-0.25, -0.2) is 8.42 Å². The number of benzene rings is 2. The molecule has 0 amide bonds. The van der Waals surface area contributed by atoms with Crippen LogP contribution in [0.25, 0.3) is 11.3 Å². The largest absolute Gasteiger partial charge is 0.480 e. The smallest absolute Gasteiger partial charge is 0.262 e. The highest BCUT2D eigenvalue weighted by Crippen LogP contribution is 2.24. The first-order valence-corrected chi connectivity index (χ1v) is 9.45. The molecule has 26 heavy (non-hydrogen) atoms. The van der Waals surface area contributed by atoms with E-state index < -0.39 is 10.0 Å². The quantitative estimate of drug-likeness (QED) is 0.743. The fourth-order valence-electron chi connectivity index (χ4n) is 2.64. The van der Waals surface area contributed by atoms with E-state index in [0.717, 1.165) is 11.1 Å². The Bertz CT molecular complexity index is 1030. The Morgan fingerprint density at radius 2 is 1.77 bits per heavy atom. The number of nitrogens with one attached hydrogen (secondary N) is 1. The monoisotopic (exact) mass is 369 g/mol. The van der Waals surface area contributed by atoms with Crippen LogP contribution in [0.3, 0.4) is 0 Å². The van der Waals surface area contributed by atoms with Crippen molar-refractivity contribution in [3.8, 4) is 17.1 Å². The minimum absolute atomic E-state index is 0.262. The maximum absolute atomic E-state index is 12.7. The predicted molar refractivity (Wildman–Crippen MR) is 101 cm³/mol. The molecule has 0 bridgehead atoms. The van der Waals surface area contributed by atoms with Crippen molar-refractivity contribution >= 4 is 15.7 Å². The molecule has 0 unspecified atom stereocenters. The van der Waals surface area contributed by atoms with Crippen LogP contribution in [0, 0.1) is 13.8 Å². The molecular weight excluding hydrogens is 350 g/mol. The molecule has 3 rings (SSSR count). The summed E-state index contributed by atoms with van der Waals surface area (Å²) < 4.78 is 33.0. The molecular formula is C19H19N3O3S. The van der Waals surface area contributed by atoms with Crippen LogP contribution < -0.4 is 9.46 Å². The molecule has 0 saturated heterocycles. The number of methoxy groups -OCH3 is 1. The first-order chi connectivity index (χ1) is 12.4. The fraction of sp³-hybridized carbons (Fsp3) is 0.158. The summed E-state index contributed by atoms with van der Waals surface area (Å²) in [5.74, 6) is 0.417. The standard InChI is InChI=1S/C19H19N3O3S/c1-13-7-9-18(14(2)11-13)26(23,24)22-16-6-4-5-15(12-16)17-8-10-19(25-3)21-20-17/h4-12,22H,1-3H3. The summed E-state index contributed by atoms with van der Waals surface area (Å²) in [5.41, 5.74) is 3.55. The van der Waals surface area contributed by atoms with Gasteiger partial charge in [-0.05, 0) is 43.7 Å². The lowest BCUT2D eigenvalue weighted by Crippen LogP contribution is -2.14. The molecule has 2 aromatic carbocycles. The highest BCUT2D eigenvalue weighted by Gasteiger charge is 2.17. The van der Waals surface area contributed by atoms with E-state index in [1.54, 1.807) is 49.4 Å². The second-order valence-corrected chi connectivity index (χ2v) is 7.57. The van der Waals surface area contributed by atoms with Crippen molar-refractivity contribution in [2.75, 3.05) is 11.8 Å². The number of ether oxygens (including phenoxy) is 1. The van der Waals surface area contributed by atoms with Crippen molar-refractivity contribution in [1.82, 2.24) is 10.2 Å². The second kappa shape index (κ2) is 7.13. The van der Waals surface area contributed by atoms with E-state index >= 15 is 0 Å². The number of nitrogens with zero attached hydrogens (tertiary/aromatic N) is 2. The van der Waals surface area contributed by atoms with Gasteiger partial charge in [0, 0.05) is 17.3 Å². The normalized spacial score (nSPS) is 11.2. The summed E-state index contributed by atoms with van der Waals surface area (Å²) in [6, 6.07) is 15.7. The summed E-state index contributed by atoms with van der Waals surface area (Å²) in [5, 5.41) is 8.02. The second-order valence-electron chi connectivity index (χ2n) is 5.92. The van der Waals surface area contributed by atoms with Gasteiger partial charge in [0.15, 0.2) is 0 Å². The highest BCUT2D eigenvalue weighted by atomic mass is 32.2. The highest BCUT2D eigenvalue weighted by molar-refractivity contribution is 7.92. The maximum Gasteiger partial charge on any atom is 0.262 e. The number of hydrogen-bond acceptors (Lipinski definition) is 5. The van der Waals surface area contributed by atoms with Crippen LogP contribution in [0.15, 0.2) is 59.5 Å². The third-order valence-electron chi connectivity index (χ3n) is 3.88. The summed E-state index contributed by atoms with van der Waals surface area (Å²) in [4.78, 5) is 0.262. The summed E-state index contributed by atoms with van der Waals surface area (Å²) in [6.45, 7) is 3.71. The van der Waals surface area contributed by atoms with E-state index in [9.17, 15) is 8.42 Å². The maximum atomic E-state index is 12.7. The minimum Gasteiger partial charge on any atom is -0.480 e. The van der Waals surface area contributed by atoms with Crippen molar-refractivity contribution < 1.29 is 13.2 Å². The zero-order chi connectivity index (χ0) is 18.7. The van der Waals surface area contributed by atoms with Crippen LogP contribution in [0.1, 0.15) is 11.1 Å². The summed E-state index contributed by atoms with van der Waals surface area (Å²) in [7, 11) is -2.16. The molecule has 0 fully saturated rings. The first-order valence-electron chi connectivity index (χ1n) is 7.97. The van der Waals surface area contributed by atoms with E-state index in [1.807, 2.05) is 19.1 Å². The molecule has 3 aromatic rings. The van der Waals surface area contributed by atoms with Gasteiger partial charge in [0.2, 0.25) is 5.88 Å². The molecule has 0 saturated carbocycles. The van der Waals surface area contributed by atoms with Crippen molar-refractivity contribution in [1.29, 1.82) is 0 Å². The lowest BCUT2D eigenvalue weighted by molar-refractivity contribution is 0.392. The Balaban J connectivity index is 1.90. The molecule has 1 aromatic heterocycles. The van der Waals surface area contributed by atoms with Gasteiger partial charge in [0.25, 0.3) is 10.0 Å². The van der Waals surface area contributed by atoms with Crippen LogP contribution >= 0.6 is 0 Å². The third-order valence-corrected chi connectivity index (χ3v) is 5.42. The molecule has 1 heterocycles. The predicted octanol–water partition coefficient (Wildman–Crippen LogP) is 3.57. The van der Waals surface area contributed by atoms with Gasteiger partial charge in [-0.15, -0.1) is 10.2 Å². The van der Waals surface area contributed by atoms with Gasteiger partial charge in [-0.2, -0.15) is 0 Å². The Labute approximate surface area is 152 Å². The molecule has 0 aliphatic heterocycles. The Morgan fingerprint density at radius 1 is 0.962 bits per heavy atom. The van der Waals surface area contributed by atoms with Gasteiger partial charge in [0.05, 0.1) is 17.7 Å². The van der Waals surface area contributed by atoms with Crippen LogP contribution in [0.5, 0.6) is 5.88 Å². The van der Waals surface area contributed by atoms with Crippen molar-refractivity contribution in [3.05, 3.63) is 65.7 Å². The Hall–Kier alpha value is -2.93. The average Bonchev–Trinajstić information content (AvgIpc) is 2.61. The first kappa shape index (κ1) is 17.9. The van der Waals surface area contributed by atoms with Gasteiger partial charge in [-0.1, -0.05) is 29.8 Å². The zero-order valence-corrected chi connectivity index (χ0v) is 15.5. The Kier molecular flexibility index (Phi) is 4.90. The lowest BCUT2D eigenvalue weighted by Gasteiger charge is -2.12. The number of anilines is 1. The van der Waals surface area contributed by atoms with Gasteiger partial charge >= 0.3 is 0 Å². The number of aryl methyl sites for hydroxylation is 2.